The van der Waals surface area contributed by atoms with E-state index in [0.29, 0.717) is 26.4 Å². The van der Waals surface area contributed by atoms with Gasteiger partial charge in [-0.15, -0.1) is 0 Å². The maximum atomic E-state index is 5.57. The maximum Gasteiger partial charge on any atom is 0.0831 e. The first-order valence-corrected chi connectivity index (χ1v) is 6.41. The minimum absolute atomic E-state index is 0.206. The number of hydrogen-bond acceptors (Lipinski definition) is 5. The van der Waals surface area contributed by atoms with Crippen LogP contribution in [-0.4, -0.2) is 65.1 Å². The van der Waals surface area contributed by atoms with Gasteiger partial charge in [-0.05, 0) is 12.8 Å². The molecule has 2 saturated heterocycles. The molecule has 0 amide bonds. The third-order valence-electron chi connectivity index (χ3n) is 2.94. The Balaban J connectivity index is 1.42. The van der Waals surface area contributed by atoms with E-state index in [-0.39, 0.29) is 12.2 Å². The molecule has 2 aliphatic rings. The lowest BCUT2D eigenvalue weighted by atomic mass is 10.2. The Morgan fingerprint density at radius 3 is 1.71 bits per heavy atom. The molecule has 0 aliphatic carbocycles. The van der Waals surface area contributed by atoms with Gasteiger partial charge in [0.2, 0.25) is 0 Å². The lowest BCUT2D eigenvalue weighted by molar-refractivity contribution is -0.105. The number of ether oxygens (including phenoxy) is 5. The molecule has 0 aromatic heterocycles. The van der Waals surface area contributed by atoms with Crippen molar-refractivity contribution in [3.05, 3.63) is 0 Å². The zero-order valence-electron chi connectivity index (χ0n) is 10.3. The molecular weight excluding hydrogens is 224 g/mol. The Bertz CT molecular complexity index is 167. The Kier molecular flexibility index (Phi) is 6.23. The summed E-state index contributed by atoms with van der Waals surface area (Å²) in [5.74, 6) is 0. The SMILES string of the molecule is C(CC1COCCO1)OCCC1COCCO1. The van der Waals surface area contributed by atoms with Crippen molar-refractivity contribution < 1.29 is 23.7 Å². The molecule has 0 saturated carbocycles. The molecule has 2 unspecified atom stereocenters. The quantitative estimate of drug-likeness (QED) is 0.643. The Morgan fingerprint density at radius 2 is 1.29 bits per heavy atom. The first kappa shape index (κ1) is 13.2. The zero-order valence-corrected chi connectivity index (χ0v) is 10.3. The van der Waals surface area contributed by atoms with Crippen molar-refractivity contribution in [2.24, 2.45) is 0 Å². The largest absolute Gasteiger partial charge is 0.381 e. The normalized spacial score (nSPS) is 30.4. The summed E-state index contributed by atoms with van der Waals surface area (Å²) in [6.45, 7) is 5.69. The van der Waals surface area contributed by atoms with Crippen molar-refractivity contribution in [2.45, 2.75) is 25.0 Å². The smallest absolute Gasteiger partial charge is 0.0831 e. The molecule has 5 nitrogen and oxygen atoms in total. The van der Waals surface area contributed by atoms with Crippen LogP contribution in [0.4, 0.5) is 0 Å². The van der Waals surface area contributed by atoms with E-state index in [0.717, 1.165) is 39.3 Å². The van der Waals surface area contributed by atoms with E-state index >= 15 is 0 Å². The minimum atomic E-state index is 0.206. The molecule has 0 radical (unpaired) electrons. The van der Waals surface area contributed by atoms with Crippen molar-refractivity contribution in [3.8, 4) is 0 Å². The topological polar surface area (TPSA) is 46.2 Å². The van der Waals surface area contributed by atoms with Crippen LogP contribution in [0, 0.1) is 0 Å². The molecule has 17 heavy (non-hydrogen) atoms. The van der Waals surface area contributed by atoms with Crippen LogP contribution in [0.15, 0.2) is 0 Å². The van der Waals surface area contributed by atoms with E-state index in [4.69, 9.17) is 23.7 Å². The van der Waals surface area contributed by atoms with E-state index in [1.165, 1.54) is 0 Å². The Labute approximate surface area is 102 Å². The summed E-state index contributed by atoms with van der Waals surface area (Å²) in [5.41, 5.74) is 0. The number of hydrogen-bond donors (Lipinski definition) is 0. The van der Waals surface area contributed by atoms with E-state index in [9.17, 15) is 0 Å². The van der Waals surface area contributed by atoms with Gasteiger partial charge in [-0.2, -0.15) is 0 Å². The highest BCUT2D eigenvalue weighted by Gasteiger charge is 2.15. The summed E-state index contributed by atoms with van der Waals surface area (Å²) >= 11 is 0. The van der Waals surface area contributed by atoms with Crippen LogP contribution < -0.4 is 0 Å². The predicted molar refractivity (Wildman–Crippen MR) is 61.2 cm³/mol. The van der Waals surface area contributed by atoms with Crippen molar-refractivity contribution >= 4 is 0 Å². The van der Waals surface area contributed by atoms with Crippen molar-refractivity contribution in [1.29, 1.82) is 0 Å². The summed E-state index contributed by atoms with van der Waals surface area (Å²) in [6.07, 6.45) is 2.22. The highest BCUT2D eigenvalue weighted by Crippen LogP contribution is 2.07. The van der Waals surface area contributed by atoms with Gasteiger partial charge in [0.05, 0.1) is 51.8 Å². The van der Waals surface area contributed by atoms with Crippen LogP contribution in [0.2, 0.25) is 0 Å². The first-order chi connectivity index (χ1) is 8.45. The van der Waals surface area contributed by atoms with Crippen LogP contribution in [0.25, 0.3) is 0 Å². The van der Waals surface area contributed by atoms with Gasteiger partial charge in [-0.1, -0.05) is 0 Å². The molecule has 2 fully saturated rings. The van der Waals surface area contributed by atoms with Gasteiger partial charge in [0.1, 0.15) is 0 Å². The molecule has 0 spiro atoms. The molecule has 0 aromatic carbocycles. The summed E-state index contributed by atoms with van der Waals surface area (Å²) in [6, 6.07) is 0. The standard InChI is InChI=1S/C12H22O5/c1(11-9-14-5-7-16-11)3-13-4-2-12-10-15-6-8-17-12/h11-12H,1-10H2. The predicted octanol–water partition coefficient (Wildman–Crippen LogP) is 0.614. The van der Waals surface area contributed by atoms with E-state index < -0.39 is 0 Å². The van der Waals surface area contributed by atoms with Crippen molar-refractivity contribution in [1.82, 2.24) is 0 Å². The second kappa shape index (κ2) is 8.00. The molecule has 100 valence electrons. The van der Waals surface area contributed by atoms with E-state index in [2.05, 4.69) is 0 Å². The van der Waals surface area contributed by atoms with Gasteiger partial charge >= 0.3 is 0 Å². The van der Waals surface area contributed by atoms with Crippen LogP contribution in [0.3, 0.4) is 0 Å². The van der Waals surface area contributed by atoms with E-state index in [1.54, 1.807) is 0 Å². The Hall–Kier alpha value is -0.200. The van der Waals surface area contributed by atoms with Gasteiger partial charge < -0.3 is 23.7 Å². The van der Waals surface area contributed by atoms with Crippen LogP contribution in [0.1, 0.15) is 12.8 Å². The van der Waals surface area contributed by atoms with Crippen molar-refractivity contribution in [2.75, 3.05) is 52.9 Å². The van der Waals surface area contributed by atoms with Crippen LogP contribution >= 0.6 is 0 Å². The second-order valence-electron chi connectivity index (χ2n) is 4.33. The highest BCUT2D eigenvalue weighted by molar-refractivity contribution is 4.62. The summed E-state index contributed by atoms with van der Waals surface area (Å²) < 4.78 is 27.3. The Morgan fingerprint density at radius 1 is 0.765 bits per heavy atom. The first-order valence-electron chi connectivity index (χ1n) is 6.41. The van der Waals surface area contributed by atoms with Gasteiger partial charge in [0.25, 0.3) is 0 Å². The van der Waals surface area contributed by atoms with Gasteiger partial charge in [0, 0.05) is 13.2 Å². The number of rotatable bonds is 6. The third kappa shape index (κ3) is 5.31. The highest BCUT2D eigenvalue weighted by atomic mass is 16.6. The summed E-state index contributed by atoms with van der Waals surface area (Å²) in [5, 5.41) is 0. The fraction of sp³-hybridized carbons (Fsp3) is 1.00. The van der Waals surface area contributed by atoms with Gasteiger partial charge in [-0.25, -0.2) is 0 Å². The second-order valence-corrected chi connectivity index (χ2v) is 4.33. The molecule has 5 heteroatoms. The molecule has 0 N–H and O–H groups in total. The molecule has 2 aliphatic heterocycles. The zero-order chi connectivity index (χ0) is 11.8. The van der Waals surface area contributed by atoms with Crippen molar-refractivity contribution in [3.63, 3.8) is 0 Å². The van der Waals surface area contributed by atoms with Crippen LogP contribution in [0.5, 0.6) is 0 Å². The molecule has 2 rings (SSSR count). The lowest BCUT2D eigenvalue weighted by Crippen LogP contribution is -2.30. The maximum absolute atomic E-state index is 5.57. The van der Waals surface area contributed by atoms with E-state index in [1.807, 2.05) is 0 Å². The fourth-order valence-electron chi connectivity index (χ4n) is 1.94. The molecule has 2 heterocycles. The average Bonchev–Trinajstić information content (AvgIpc) is 2.41. The fourth-order valence-corrected chi connectivity index (χ4v) is 1.94. The van der Waals surface area contributed by atoms with Crippen LogP contribution in [-0.2, 0) is 23.7 Å². The lowest BCUT2D eigenvalue weighted by Gasteiger charge is -2.24. The monoisotopic (exact) mass is 246 g/mol. The summed E-state index contributed by atoms with van der Waals surface area (Å²) in [4.78, 5) is 0. The van der Waals surface area contributed by atoms with Gasteiger partial charge in [-0.3, -0.25) is 0 Å². The summed E-state index contributed by atoms with van der Waals surface area (Å²) in [7, 11) is 0. The minimum Gasteiger partial charge on any atom is -0.381 e. The molecule has 0 bridgehead atoms. The molecular formula is C12H22O5. The van der Waals surface area contributed by atoms with Gasteiger partial charge in [0.15, 0.2) is 0 Å². The average molecular weight is 246 g/mol. The molecule has 2 atom stereocenters. The third-order valence-corrected chi connectivity index (χ3v) is 2.94. The molecule has 0 aromatic rings.